The van der Waals surface area contributed by atoms with Gasteiger partial charge >= 0.3 is 0 Å². The SMILES string of the molecule is COCCNC(=O)C12CCC(C)(C(=O)C1Br)C2(C)C. The smallest absolute Gasteiger partial charge is 0.228 e. The second-order valence-corrected chi connectivity index (χ2v) is 7.32. The number of ether oxygens (including phenoxy) is 1. The maximum absolute atomic E-state index is 12.7. The van der Waals surface area contributed by atoms with Crippen LogP contribution in [0, 0.1) is 16.2 Å². The van der Waals surface area contributed by atoms with Crippen LogP contribution in [-0.4, -0.2) is 36.8 Å². The maximum Gasteiger partial charge on any atom is 0.228 e. The molecule has 19 heavy (non-hydrogen) atoms. The van der Waals surface area contributed by atoms with E-state index in [0.717, 1.165) is 12.8 Å². The van der Waals surface area contributed by atoms with E-state index in [4.69, 9.17) is 4.74 Å². The molecule has 2 fully saturated rings. The maximum atomic E-state index is 12.7. The summed E-state index contributed by atoms with van der Waals surface area (Å²) in [4.78, 5) is 24.8. The van der Waals surface area contributed by atoms with Gasteiger partial charge in [0.2, 0.25) is 5.91 Å². The molecule has 1 N–H and O–H groups in total. The number of halogens is 1. The second kappa shape index (κ2) is 4.55. The average molecular weight is 332 g/mol. The first-order chi connectivity index (χ1) is 8.75. The van der Waals surface area contributed by atoms with E-state index in [1.54, 1.807) is 7.11 Å². The number of alkyl halides is 1. The van der Waals surface area contributed by atoms with Crippen molar-refractivity contribution in [3.8, 4) is 0 Å². The first-order valence-electron chi connectivity index (χ1n) is 6.71. The molecule has 2 saturated carbocycles. The van der Waals surface area contributed by atoms with Gasteiger partial charge in [0.15, 0.2) is 5.78 Å². The summed E-state index contributed by atoms with van der Waals surface area (Å²) in [6.45, 7) is 7.07. The van der Waals surface area contributed by atoms with Crippen LogP contribution in [0.25, 0.3) is 0 Å². The number of hydrogen-bond acceptors (Lipinski definition) is 3. The molecular weight excluding hydrogens is 310 g/mol. The standard InChI is InChI=1S/C14H22BrNO3/c1-12(2)13(3)5-6-14(12,9(15)10(13)17)11(18)16-7-8-19-4/h9H,5-8H2,1-4H3,(H,16,18). The van der Waals surface area contributed by atoms with Crippen molar-refractivity contribution in [3.63, 3.8) is 0 Å². The van der Waals surface area contributed by atoms with Crippen LogP contribution in [0.3, 0.4) is 0 Å². The Labute approximate surface area is 122 Å². The summed E-state index contributed by atoms with van der Waals surface area (Å²) >= 11 is 3.50. The third-order valence-corrected chi connectivity index (χ3v) is 6.92. The topological polar surface area (TPSA) is 55.4 Å². The highest BCUT2D eigenvalue weighted by molar-refractivity contribution is 9.10. The van der Waals surface area contributed by atoms with Gasteiger partial charge in [-0.1, -0.05) is 36.7 Å². The van der Waals surface area contributed by atoms with Crippen molar-refractivity contribution < 1.29 is 14.3 Å². The lowest BCUT2D eigenvalue weighted by Crippen LogP contribution is -2.51. The van der Waals surface area contributed by atoms with E-state index in [0.29, 0.717) is 13.2 Å². The molecule has 2 bridgehead atoms. The molecule has 0 aliphatic heterocycles. The quantitative estimate of drug-likeness (QED) is 0.632. The van der Waals surface area contributed by atoms with Gasteiger partial charge in [-0.15, -0.1) is 0 Å². The molecule has 1 amide bonds. The highest BCUT2D eigenvalue weighted by Gasteiger charge is 2.76. The summed E-state index contributed by atoms with van der Waals surface area (Å²) in [5.41, 5.74) is -1.37. The molecule has 0 aromatic rings. The molecule has 0 radical (unpaired) electrons. The lowest BCUT2D eigenvalue weighted by atomic mass is 9.64. The van der Waals surface area contributed by atoms with E-state index in [1.165, 1.54) is 0 Å². The molecule has 0 heterocycles. The monoisotopic (exact) mass is 331 g/mol. The van der Waals surface area contributed by atoms with Crippen molar-refractivity contribution in [2.75, 3.05) is 20.3 Å². The number of Topliss-reactive ketones (excluding diaryl/α,β-unsaturated/α-hetero) is 1. The third kappa shape index (κ3) is 1.60. The summed E-state index contributed by atoms with van der Waals surface area (Å²) in [5, 5.41) is 2.92. The molecule has 108 valence electrons. The Morgan fingerprint density at radius 3 is 2.53 bits per heavy atom. The molecule has 2 aliphatic rings. The second-order valence-electron chi connectivity index (χ2n) is 6.40. The number of fused-ring (bicyclic) bond motifs is 2. The van der Waals surface area contributed by atoms with Crippen LogP contribution in [0.15, 0.2) is 0 Å². The number of carbonyl (C=O) groups excluding carboxylic acids is 2. The molecule has 3 atom stereocenters. The molecule has 2 rings (SSSR count). The normalized spacial score (nSPS) is 39.6. The molecular formula is C14H22BrNO3. The predicted octanol–water partition coefficient (Wildman–Crippen LogP) is 1.91. The van der Waals surface area contributed by atoms with Gasteiger partial charge in [-0.3, -0.25) is 9.59 Å². The van der Waals surface area contributed by atoms with Crippen molar-refractivity contribution in [1.82, 2.24) is 5.32 Å². The Morgan fingerprint density at radius 2 is 2.05 bits per heavy atom. The fourth-order valence-corrected chi connectivity index (χ4v) is 5.39. The lowest BCUT2D eigenvalue weighted by molar-refractivity contribution is -0.136. The fraction of sp³-hybridized carbons (Fsp3) is 0.857. The molecule has 2 aliphatic carbocycles. The largest absolute Gasteiger partial charge is 0.383 e. The minimum absolute atomic E-state index is 0.0222. The highest BCUT2D eigenvalue weighted by Crippen LogP contribution is 2.72. The van der Waals surface area contributed by atoms with Crippen LogP contribution in [-0.2, 0) is 14.3 Å². The van der Waals surface area contributed by atoms with Gasteiger partial charge in [0, 0.05) is 19.1 Å². The van der Waals surface area contributed by atoms with E-state index in [1.807, 2.05) is 6.92 Å². The van der Waals surface area contributed by atoms with Gasteiger partial charge in [0.1, 0.15) is 0 Å². The zero-order valence-electron chi connectivity index (χ0n) is 12.0. The predicted molar refractivity (Wildman–Crippen MR) is 76.2 cm³/mol. The van der Waals surface area contributed by atoms with E-state index in [2.05, 4.69) is 35.1 Å². The van der Waals surface area contributed by atoms with E-state index in [-0.39, 0.29) is 21.9 Å². The summed E-state index contributed by atoms with van der Waals surface area (Å²) < 4.78 is 4.96. The third-order valence-electron chi connectivity index (χ3n) is 5.72. The van der Waals surface area contributed by atoms with Gasteiger partial charge in [-0.2, -0.15) is 0 Å². The minimum Gasteiger partial charge on any atom is -0.383 e. The van der Waals surface area contributed by atoms with Crippen molar-refractivity contribution >= 4 is 27.6 Å². The molecule has 5 heteroatoms. The minimum atomic E-state index is -0.632. The van der Waals surface area contributed by atoms with Crippen molar-refractivity contribution in [3.05, 3.63) is 0 Å². The molecule has 0 aromatic heterocycles. The van der Waals surface area contributed by atoms with Crippen LogP contribution in [0.5, 0.6) is 0 Å². The van der Waals surface area contributed by atoms with Crippen molar-refractivity contribution in [2.45, 2.75) is 38.4 Å². The fourth-order valence-electron chi connectivity index (χ4n) is 3.88. The van der Waals surface area contributed by atoms with E-state index >= 15 is 0 Å². The number of rotatable bonds is 4. The molecule has 3 unspecified atom stereocenters. The summed E-state index contributed by atoms with van der Waals surface area (Å²) in [5.74, 6) is 0.150. The van der Waals surface area contributed by atoms with Gasteiger partial charge in [0.25, 0.3) is 0 Å². The molecule has 4 nitrogen and oxygen atoms in total. The van der Waals surface area contributed by atoms with Crippen LogP contribution in [0.2, 0.25) is 0 Å². The van der Waals surface area contributed by atoms with E-state index in [9.17, 15) is 9.59 Å². The van der Waals surface area contributed by atoms with Crippen LogP contribution < -0.4 is 5.32 Å². The van der Waals surface area contributed by atoms with Crippen LogP contribution in [0.1, 0.15) is 33.6 Å². The van der Waals surface area contributed by atoms with Gasteiger partial charge in [-0.25, -0.2) is 0 Å². The summed E-state index contributed by atoms with van der Waals surface area (Å²) in [7, 11) is 1.60. The van der Waals surface area contributed by atoms with Crippen LogP contribution in [0.4, 0.5) is 0 Å². The number of nitrogens with one attached hydrogen (secondary N) is 1. The van der Waals surface area contributed by atoms with Crippen molar-refractivity contribution in [2.24, 2.45) is 16.2 Å². The Bertz CT molecular complexity index is 423. The number of ketones is 1. The number of hydrogen-bond donors (Lipinski definition) is 1. The zero-order chi connectivity index (χ0) is 14.5. The Balaban J connectivity index is 2.32. The number of amides is 1. The molecule has 0 spiro atoms. The van der Waals surface area contributed by atoms with Gasteiger partial charge < -0.3 is 10.1 Å². The molecule has 0 aromatic carbocycles. The zero-order valence-corrected chi connectivity index (χ0v) is 13.6. The van der Waals surface area contributed by atoms with Gasteiger partial charge in [-0.05, 0) is 18.3 Å². The average Bonchev–Trinajstić information content (AvgIpc) is 2.62. The van der Waals surface area contributed by atoms with Crippen LogP contribution >= 0.6 is 15.9 Å². The van der Waals surface area contributed by atoms with Crippen molar-refractivity contribution in [1.29, 1.82) is 0 Å². The number of methoxy groups -OCH3 is 1. The highest BCUT2D eigenvalue weighted by atomic mass is 79.9. The summed E-state index contributed by atoms with van der Waals surface area (Å²) in [6.07, 6.45) is 1.55. The molecule has 0 saturated heterocycles. The Kier molecular flexibility index (Phi) is 3.59. The van der Waals surface area contributed by atoms with E-state index < -0.39 is 10.8 Å². The first-order valence-corrected chi connectivity index (χ1v) is 7.63. The lowest BCUT2D eigenvalue weighted by Gasteiger charge is -2.39. The first kappa shape index (κ1) is 15.0. The number of carbonyl (C=O) groups is 2. The Morgan fingerprint density at radius 1 is 1.42 bits per heavy atom. The Hall–Kier alpha value is -0.420. The van der Waals surface area contributed by atoms with Gasteiger partial charge in [0.05, 0.1) is 16.8 Å². The summed E-state index contributed by atoms with van der Waals surface area (Å²) in [6, 6.07) is 0.